The van der Waals surface area contributed by atoms with E-state index in [1.807, 2.05) is 29.5 Å². The highest BCUT2D eigenvalue weighted by Gasteiger charge is 2.26. The van der Waals surface area contributed by atoms with E-state index in [0.717, 1.165) is 29.0 Å². The number of hydrogen-bond acceptors (Lipinski definition) is 6. The van der Waals surface area contributed by atoms with Crippen molar-refractivity contribution in [2.24, 2.45) is 7.05 Å². The third-order valence-corrected chi connectivity index (χ3v) is 7.88. The smallest absolute Gasteiger partial charge is 0.262 e. The molecule has 0 spiro atoms. The topological polar surface area (TPSA) is 102 Å². The lowest BCUT2D eigenvalue weighted by Crippen LogP contribution is -2.44. The number of aromatic nitrogens is 4. The fourth-order valence-corrected chi connectivity index (χ4v) is 5.78. The fraction of sp³-hybridized carbons (Fsp3) is 0.348. The SMILES string of the molecule is Cc1ccc2c(c1)c(=O)n(C)c1nnc(CN3CCC(NS(=O)(=O)c4ccc(F)cc4)CC3)n21. The molecule has 2 aromatic heterocycles. The summed E-state index contributed by atoms with van der Waals surface area (Å²) in [6, 6.07) is 10.4. The monoisotopic (exact) mass is 484 g/mol. The molecule has 1 aliphatic heterocycles. The second-order valence-corrected chi connectivity index (χ2v) is 10.5. The van der Waals surface area contributed by atoms with Gasteiger partial charge in [0.2, 0.25) is 15.8 Å². The van der Waals surface area contributed by atoms with Gasteiger partial charge in [-0.2, -0.15) is 0 Å². The molecule has 1 saturated heterocycles. The van der Waals surface area contributed by atoms with Crippen molar-refractivity contribution in [3.63, 3.8) is 0 Å². The highest BCUT2D eigenvalue weighted by Crippen LogP contribution is 2.20. The Morgan fingerprint density at radius 1 is 1.09 bits per heavy atom. The van der Waals surface area contributed by atoms with Gasteiger partial charge in [0.25, 0.3) is 5.56 Å². The van der Waals surface area contributed by atoms with Gasteiger partial charge in [-0.15, -0.1) is 10.2 Å². The molecule has 178 valence electrons. The molecular weight excluding hydrogens is 459 g/mol. The van der Waals surface area contributed by atoms with E-state index in [1.165, 1.54) is 16.7 Å². The van der Waals surface area contributed by atoms with E-state index in [9.17, 15) is 17.6 Å². The summed E-state index contributed by atoms with van der Waals surface area (Å²) in [6.45, 7) is 3.83. The molecule has 0 unspecified atom stereocenters. The second-order valence-electron chi connectivity index (χ2n) is 8.76. The summed E-state index contributed by atoms with van der Waals surface area (Å²) in [5, 5.41) is 9.23. The van der Waals surface area contributed by atoms with Crippen molar-refractivity contribution in [3.8, 4) is 0 Å². The summed E-state index contributed by atoms with van der Waals surface area (Å²) < 4.78 is 44.5. The van der Waals surface area contributed by atoms with Crippen molar-refractivity contribution >= 4 is 26.7 Å². The molecule has 0 aliphatic carbocycles. The summed E-state index contributed by atoms with van der Waals surface area (Å²) in [5.74, 6) is 0.735. The van der Waals surface area contributed by atoms with Gasteiger partial charge in [-0.1, -0.05) is 11.6 Å². The molecule has 9 nitrogen and oxygen atoms in total. The van der Waals surface area contributed by atoms with E-state index in [2.05, 4.69) is 19.8 Å². The van der Waals surface area contributed by atoms with E-state index >= 15 is 0 Å². The van der Waals surface area contributed by atoms with E-state index < -0.39 is 15.8 Å². The molecule has 1 fully saturated rings. The van der Waals surface area contributed by atoms with Gasteiger partial charge in [0.05, 0.1) is 22.3 Å². The lowest BCUT2D eigenvalue weighted by molar-refractivity contribution is 0.195. The van der Waals surface area contributed by atoms with Gasteiger partial charge in [0, 0.05) is 26.2 Å². The number of halogens is 1. The predicted octanol–water partition coefficient (Wildman–Crippen LogP) is 1.97. The van der Waals surface area contributed by atoms with Crippen LogP contribution in [-0.4, -0.2) is 51.6 Å². The first-order chi connectivity index (χ1) is 16.2. The molecule has 4 aromatic rings. The van der Waals surface area contributed by atoms with Crippen LogP contribution in [-0.2, 0) is 23.6 Å². The lowest BCUT2D eigenvalue weighted by Gasteiger charge is -2.31. The number of sulfonamides is 1. The first-order valence-corrected chi connectivity index (χ1v) is 12.5. The van der Waals surface area contributed by atoms with Crippen molar-refractivity contribution in [2.75, 3.05) is 13.1 Å². The van der Waals surface area contributed by atoms with Crippen LogP contribution in [0.25, 0.3) is 16.7 Å². The van der Waals surface area contributed by atoms with Crippen LogP contribution in [0.1, 0.15) is 24.2 Å². The normalized spacial score (nSPS) is 16.0. The summed E-state index contributed by atoms with van der Waals surface area (Å²) in [5.41, 5.74) is 1.66. The first kappa shape index (κ1) is 22.6. The minimum atomic E-state index is -3.70. The largest absolute Gasteiger partial charge is 0.296 e. The van der Waals surface area contributed by atoms with E-state index in [1.54, 1.807) is 7.05 Å². The van der Waals surface area contributed by atoms with E-state index in [0.29, 0.717) is 43.6 Å². The van der Waals surface area contributed by atoms with Gasteiger partial charge < -0.3 is 0 Å². The van der Waals surface area contributed by atoms with Crippen molar-refractivity contribution in [3.05, 3.63) is 70.0 Å². The van der Waals surface area contributed by atoms with Crippen molar-refractivity contribution in [2.45, 2.75) is 37.2 Å². The predicted molar refractivity (Wildman–Crippen MR) is 125 cm³/mol. The maximum absolute atomic E-state index is 13.1. The zero-order valence-electron chi connectivity index (χ0n) is 18.9. The number of benzene rings is 2. The Kier molecular flexibility index (Phi) is 5.70. The van der Waals surface area contributed by atoms with Crippen LogP contribution in [0.2, 0.25) is 0 Å². The van der Waals surface area contributed by atoms with Crippen LogP contribution in [0.3, 0.4) is 0 Å². The van der Waals surface area contributed by atoms with Crippen LogP contribution in [0.5, 0.6) is 0 Å². The molecule has 0 saturated carbocycles. The minimum Gasteiger partial charge on any atom is -0.296 e. The lowest BCUT2D eigenvalue weighted by atomic mass is 10.1. The number of likely N-dealkylation sites (tertiary alicyclic amines) is 1. The quantitative estimate of drug-likeness (QED) is 0.465. The van der Waals surface area contributed by atoms with Crippen molar-refractivity contribution < 1.29 is 12.8 Å². The summed E-state index contributed by atoms with van der Waals surface area (Å²) in [7, 11) is -2.01. The van der Waals surface area contributed by atoms with Gasteiger partial charge >= 0.3 is 0 Å². The van der Waals surface area contributed by atoms with Gasteiger partial charge in [-0.3, -0.25) is 18.7 Å². The van der Waals surface area contributed by atoms with E-state index in [4.69, 9.17) is 0 Å². The molecular formula is C23H25FN6O3S. The fourth-order valence-electron chi connectivity index (χ4n) is 4.47. The highest BCUT2D eigenvalue weighted by atomic mass is 32.2. The molecule has 2 aromatic carbocycles. The Bertz CT molecular complexity index is 1540. The number of nitrogens with one attached hydrogen (secondary N) is 1. The minimum absolute atomic E-state index is 0.0546. The molecule has 1 aliphatic rings. The van der Waals surface area contributed by atoms with Crippen LogP contribution >= 0.6 is 0 Å². The molecule has 11 heteroatoms. The second kappa shape index (κ2) is 8.57. The van der Waals surface area contributed by atoms with Crippen LogP contribution in [0, 0.1) is 12.7 Å². The maximum atomic E-state index is 13.1. The molecule has 5 rings (SSSR count). The van der Waals surface area contributed by atoms with Gasteiger partial charge in [-0.25, -0.2) is 17.5 Å². The highest BCUT2D eigenvalue weighted by molar-refractivity contribution is 7.89. The number of aryl methyl sites for hydroxylation is 2. The molecule has 34 heavy (non-hydrogen) atoms. The van der Waals surface area contributed by atoms with Crippen molar-refractivity contribution in [1.82, 2.24) is 28.8 Å². The molecule has 0 bridgehead atoms. The molecule has 1 N–H and O–H groups in total. The number of nitrogens with zero attached hydrogens (tertiary/aromatic N) is 5. The maximum Gasteiger partial charge on any atom is 0.262 e. The summed E-state index contributed by atoms with van der Waals surface area (Å²) in [4.78, 5) is 15.0. The van der Waals surface area contributed by atoms with Crippen LogP contribution in [0.15, 0.2) is 52.2 Å². The van der Waals surface area contributed by atoms with Crippen molar-refractivity contribution in [1.29, 1.82) is 0 Å². The third-order valence-electron chi connectivity index (χ3n) is 6.34. The van der Waals surface area contributed by atoms with Gasteiger partial charge in [0.15, 0.2) is 5.82 Å². The zero-order chi connectivity index (χ0) is 24.0. The van der Waals surface area contributed by atoms with Gasteiger partial charge in [-0.05, 0) is 56.2 Å². The average Bonchev–Trinajstić information content (AvgIpc) is 3.22. The van der Waals surface area contributed by atoms with E-state index in [-0.39, 0.29) is 16.5 Å². The molecule has 0 atom stereocenters. The first-order valence-electron chi connectivity index (χ1n) is 11.1. The standard InChI is InChI=1S/C23H25FN6O3S/c1-15-3-8-20-19(13-15)22(31)28(2)23-26-25-21(30(20)23)14-29-11-9-17(10-12-29)27-34(32,33)18-6-4-16(24)5-7-18/h3-8,13,17,27H,9-12,14H2,1-2H3. The third kappa shape index (κ3) is 4.10. The summed E-state index contributed by atoms with van der Waals surface area (Å²) in [6.07, 6.45) is 1.27. The summed E-state index contributed by atoms with van der Waals surface area (Å²) >= 11 is 0. The van der Waals surface area contributed by atoms with Crippen LogP contribution in [0.4, 0.5) is 4.39 Å². The Balaban J connectivity index is 1.32. The Morgan fingerprint density at radius 2 is 1.79 bits per heavy atom. The number of rotatable bonds is 5. The Labute approximate surface area is 195 Å². The molecule has 3 heterocycles. The average molecular weight is 485 g/mol. The Morgan fingerprint density at radius 3 is 2.50 bits per heavy atom. The zero-order valence-corrected chi connectivity index (χ0v) is 19.7. The molecule has 0 amide bonds. The molecule has 0 radical (unpaired) electrons. The van der Waals surface area contributed by atoms with Gasteiger partial charge in [0.1, 0.15) is 5.82 Å². The number of piperidine rings is 1. The Hall–Kier alpha value is -3.15. The number of fused-ring (bicyclic) bond motifs is 3. The van der Waals surface area contributed by atoms with Crippen LogP contribution < -0.4 is 10.3 Å². The number of hydrogen-bond donors (Lipinski definition) is 1.